The number of phenolic OH excluding ortho intramolecular Hbond substituents is 1. The number of hydrogen-bond donors (Lipinski definition) is 5. The van der Waals surface area contributed by atoms with Crippen LogP contribution in [0.25, 0.3) is 11.2 Å². The molecule has 4 atom stereocenters. The van der Waals surface area contributed by atoms with Gasteiger partial charge in [0.1, 0.15) is 30.4 Å². The number of aromatic hydroxyl groups is 1. The minimum Gasteiger partial charge on any atom is -0.508 e. The maximum Gasteiger partial charge on any atom is 0.167 e. The summed E-state index contributed by atoms with van der Waals surface area (Å²) in [6.07, 6.45) is -1.47. The van der Waals surface area contributed by atoms with Gasteiger partial charge in [0, 0.05) is 12.1 Å². The van der Waals surface area contributed by atoms with Crippen molar-refractivity contribution in [2.24, 2.45) is 0 Å². The van der Waals surface area contributed by atoms with E-state index in [1.54, 1.807) is 6.07 Å². The minimum atomic E-state index is -1.23. The molecule has 3 heterocycles. The molecule has 0 amide bonds. The third kappa shape index (κ3) is 3.16. The lowest BCUT2D eigenvalue weighted by atomic mass is 10.1. The molecule has 10 nitrogen and oxygen atoms in total. The molecule has 1 saturated heterocycles. The van der Waals surface area contributed by atoms with Gasteiger partial charge in [-0.3, -0.25) is 4.57 Å². The fraction of sp³-hybridized carbons (Fsp3) is 0.389. The molecule has 0 spiro atoms. The summed E-state index contributed by atoms with van der Waals surface area (Å²) in [7, 11) is 0. The third-order valence-electron chi connectivity index (χ3n) is 4.84. The number of aromatic nitrogens is 4. The van der Waals surface area contributed by atoms with Crippen LogP contribution in [0.5, 0.6) is 5.75 Å². The second kappa shape index (κ2) is 7.32. The van der Waals surface area contributed by atoms with E-state index in [4.69, 9.17) is 4.74 Å². The topological polar surface area (TPSA) is 146 Å². The summed E-state index contributed by atoms with van der Waals surface area (Å²) < 4.78 is 7.04. The first kappa shape index (κ1) is 18.6. The predicted octanol–water partition coefficient (Wildman–Crippen LogP) is 0.0639. The normalized spacial score (nSPS) is 24.7. The van der Waals surface area contributed by atoms with Crippen LogP contribution in [-0.4, -0.2) is 64.9 Å². The average Bonchev–Trinajstić information content (AvgIpc) is 3.23. The van der Waals surface area contributed by atoms with E-state index in [1.807, 2.05) is 19.1 Å². The molecule has 5 N–H and O–H groups in total. The van der Waals surface area contributed by atoms with Crippen LogP contribution >= 0.6 is 0 Å². The van der Waals surface area contributed by atoms with Crippen molar-refractivity contribution in [2.75, 3.05) is 11.9 Å². The maximum absolute atomic E-state index is 10.2. The van der Waals surface area contributed by atoms with E-state index in [9.17, 15) is 20.4 Å². The Morgan fingerprint density at radius 3 is 2.71 bits per heavy atom. The lowest BCUT2D eigenvalue weighted by Gasteiger charge is -2.16. The molecule has 0 radical (unpaired) electrons. The number of aryl methyl sites for hydroxylation is 1. The van der Waals surface area contributed by atoms with Gasteiger partial charge in [0.15, 0.2) is 23.2 Å². The Labute approximate surface area is 160 Å². The van der Waals surface area contributed by atoms with Gasteiger partial charge in [-0.15, -0.1) is 0 Å². The zero-order valence-electron chi connectivity index (χ0n) is 15.1. The number of ether oxygens (including phenoxy) is 1. The van der Waals surface area contributed by atoms with Crippen molar-refractivity contribution >= 4 is 17.0 Å². The van der Waals surface area contributed by atoms with E-state index in [0.717, 1.165) is 5.56 Å². The number of rotatable bonds is 5. The van der Waals surface area contributed by atoms with Gasteiger partial charge in [0.25, 0.3) is 0 Å². The second-order valence-electron chi connectivity index (χ2n) is 6.76. The molecule has 1 aliphatic heterocycles. The molecule has 148 valence electrons. The Morgan fingerprint density at radius 1 is 1.18 bits per heavy atom. The number of nitrogens with zero attached hydrogens (tertiary/aromatic N) is 4. The van der Waals surface area contributed by atoms with Crippen molar-refractivity contribution in [2.45, 2.75) is 38.0 Å². The molecule has 3 aromatic rings. The number of aliphatic hydroxyl groups excluding tert-OH is 3. The predicted molar refractivity (Wildman–Crippen MR) is 98.5 cm³/mol. The molecular weight excluding hydrogens is 366 g/mol. The SMILES string of the molecule is Cc1ccc(CNc2ncnc3c2ncn3[C@@H]2O[C@H](CO)[C@@H](O)[C@H]2O)c(O)c1. The monoisotopic (exact) mass is 387 g/mol. The first-order valence-corrected chi connectivity index (χ1v) is 8.82. The van der Waals surface area contributed by atoms with Gasteiger partial charge in [-0.05, 0) is 18.6 Å². The molecule has 10 heteroatoms. The Morgan fingerprint density at radius 2 is 2.00 bits per heavy atom. The number of nitrogens with one attached hydrogen (secondary N) is 1. The highest BCUT2D eigenvalue weighted by atomic mass is 16.6. The van der Waals surface area contributed by atoms with E-state index < -0.39 is 31.1 Å². The quantitative estimate of drug-likeness (QED) is 0.410. The molecular formula is C18H21N5O5. The van der Waals surface area contributed by atoms with E-state index in [2.05, 4.69) is 20.3 Å². The number of aliphatic hydroxyl groups is 3. The van der Waals surface area contributed by atoms with Crippen LogP contribution in [0, 0.1) is 6.92 Å². The van der Waals surface area contributed by atoms with Crippen LogP contribution in [0.1, 0.15) is 17.4 Å². The summed E-state index contributed by atoms with van der Waals surface area (Å²) >= 11 is 0. The van der Waals surface area contributed by atoms with Crippen LogP contribution in [0.4, 0.5) is 5.82 Å². The Kier molecular flexibility index (Phi) is 4.85. The molecule has 0 aliphatic carbocycles. The van der Waals surface area contributed by atoms with Gasteiger partial charge in [0.05, 0.1) is 12.9 Å². The highest BCUT2D eigenvalue weighted by Crippen LogP contribution is 2.32. The zero-order valence-corrected chi connectivity index (χ0v) is 15.1. The molecule has 0 saturated carbocycles. The van der Waals surface area contributed by atoms with E-state index in [0.29, 0.717) is 29.1 Å². The Balaban J connectivity index is 1.60. The molecule has 0 unspecified atom stereocenters. The summed E-state index contributed by atoms with van der Waals surface area (Å²) in [4.78, 5) is 12.7. The molecule has 4 rings (SSSR count). The number of imidazole rings is 1. The van der Waals surface area contributed by atoms with Crippen LogP contribution in [0.15, 0.2) is 30.9 Å². The maximum atomic E-state index is 10.2. The summed E-state index contributed by atoms with van der Waals surface area (Å²) in [6, 6.07) is 5.42. The summed E-state index contributed by atoms with van der Waals surface area (Å²) in [5, 5.41) is 42.7. The molecule has 1 aromatic carbocycles. The average molecular weight is 387 g/mol. The molecule has 28 heavy (non-hydrogen) atoms. The lowest BCUT2D eigenvalue weighted by Crippen LogP contribution is -2.33. The van der Waals surface area contributed by atoms with Gasteiger partial charge in [-0.1, -0.05) is 12.1 Å². The lowest BCUT2D eigenvalue weighted by molar-refractivity contribution is -0.0511. The van der Waals surface area contributed by atoms with Crippen LogP contribution < -0.4 is 5.32 Å². The zero-order chi connectivity index (χ0) is 19.8. The Hall–Kier alpha value is -2.79. The van der Waals surface area contributed by atoms with Crippen LogP contribution in [0.2, 0.25) is 0 Å². The van der Waals surface area contributed by atoms with Gasteiger partial charge in [0.2, 0.25) is 0 Å². The number of benzene rings is 1. The van der Waals surface area contributed by atoms with Crippen molar-refractivity contribution in [3.05, 3.63) is 42.0 Å². The number of anilines is 1. The fourth-order valence-electron chi connectivity index (χ4n) is 3.28. The van der Waals surface area contributed by atoms with Crippen LogP contribution in [0.3, 0.4) is 0 Å². The first-order valence-electron chi connectivity index (χ1n) is 8.82. The van der Waals surface area contributed by atoms with Gasteiger partial charge >= 0.3 is 0 Å². The van der Waals surface area contributed by atoms with Gasteiger partial charge in [-0.2, -0.15) is 0 Å². The summed E-state index contributed by atoms with van der Waals surface area (Å²) in [6.45, 7) is 1.82. The molecule has 2 aromatic heterocycles. The fourth-order valence-corrected chi connectivity index (χ4v) is 3.28. The van der Waals surface area contributed by atoms with Crippen molar-refractivity contribution < 1.29 is 25.2 Å². The largest absolute Gasteiger partial charge is 0.508 e. The summed E-state index contributed by atoms with van der Waals surface area (Å²) in [5.41, 5.74) is 2.52. The molecule has 0 bridgehead atoms. The van der Waals surface area contributed by atoms with Crippen LogP contribution in [-0.2, 0) is 11.3 Å². The van der Waals surface area contributed by atoms with E-state index >= 15 is 0 Å². The van der Waals surface area contributed by atoms with Crippen molar-refractivity contribution in [1.82, 2.24) is 19.5 Å². The first-order chi connectivity index (χ1) is 13.5. The third-order valence-corrected chi connectivity index (χ3v) is 4.84. The second-order valence-corrected chi connectivity index (χ2v) is 6.76. The number of fused-ring (bicyclic) bond motifs is 1. The number of phenols is 1. The van der Waals surface area contributed by atoms with Crippen molar-refractivity contribution in [1.29, 1.82) is 0 Å². The Bertz CT molecular complexity index is 994. The highest BCUT2D eigenvalue weighted by molar-refractivity contribution is 5.82. The van der Waals surface area contributed by atoms with Crippen molar-refractivity contribution in [3.63, 3.8) is 0 Å². The number of hydrogen-bond acceptors (Lipinski definition) is 9. The van der Waals surface area contributed by atoms with Gasteiger partial charge in [-0.25, -0.2) is 15.0 Å². The van der Waals surface area contributed by atoms with E-state index in [-0.39, 0.29) is 5.75 Å². The summed E-state index contributed by atoms with van der Waals surface area (Å²) in [5.74, 6) is 0.644. The molecule has 1 fully saturated rings. The van der Waals surface area contributed by atoms with E-state index in [1.165, 1.54) is 17.2 Å². The van der Waals surface area contributed by atoms with Crippen molar-refractivity contribution in [3.8, 4) is 5.75 Å². The van der Waals surface area contributed by atoms with Gasteiger partial charge < -0.3 is 30.5 Å². The smallest absolute Gasteiger partial charge is 0.167 e. The molecule has 1 aliphatic rings. The standard InChI is InChI=1S/C18H21N5O5/c1-9-2-3-10(11(25)4-9)5-19-16-13-17(21-7-20-16)23(8-22-13)18-15(27)14(26)12(6-24)28-18/h2-4,7-8,12,14-15,18,24-27H,5-6H2,1H3,(H,19,20,21)/t12-,14-,15-,18-/m1/s1. The minimum absolute atomic E-state index is 0.190. The highest BCUT2D eigenvalue weighted by Gasteiger charge is 2.44.